The number of benzene rings is 1. The fraction of sp³-hybridized carbons (Fsp3) is 0.474. The van der Waals surface area contributed by atoms with Gasteiger partial charge >= 0.3 is 18.2 Å². The first-order chi connectivity index (χ1) is 15.9. The Labute approximate surface area is 190 Å². The first-order valence-corrected chi connectivity index (χ1v) is 10.1. The fourth-order valence-electron chi connectivity index (χ4n) is 4.73. The standard InChI is InChI=1S/C19H22F3N7O5/c1-8-12(34-14(30)9-2-4-10(5-3-9)19(20,21)22)6-28-15(23)26-11(7-33-17(25)31)13-18(8,28)29(32)16(24)27-13/h2-5,8,11-13,32H,6-7H2,1H3,(H2,23,26)(H2,24,27)(H2,25,31). The van der Waals surface area contributed by atoms with Crippen LogP contribution in [0.1, 0.15) is 22.8 Å². The van der Waals surface area contributed by atoms with Gasteiger partial charge in [0.05, 0.1) is 17.7 Å². The Morgan fingerprint density at radius 1 is 1.21 bits per heavy atom. The molecule has 1 fully saturated rings. The average molecular weight is 485 g/mol. The number of carbonyl (C=O) groups excluding carboxylic acids is 2. The molecule has 15 heteroatoms. The van der Waals surface area contributed by atoms with E-state index in [1.54, 1.807) is 6.92 Å². The molecule has 5 atom stereocenters. The number of rotatable bonds is 4. The third-order valence-electron chi connectivity index (χ3n) is 6.33. The molecule has 3 aliphatic heterocycles. The molecule has 0 saturated carbocycles. The molecule has 34 heavy (non-hydrogen) atoms. The van der Waals surface area contributed by atoms with Crippen molar-refractivity contribution in [1.29, 1.82) is 0 Å². The number of hydroxylamine groups is 2. The molecule has 3 heterocycles. The van der Waals surface area contributed by atoms with Crippen molar-refractivity contribution in [2.24, 2.45) is 33.1 Å². The molecule has 1 aromatic rings. The van der Waals surface area contributed by atoms with Gasteiger partial charge in [0, 0.05) is 5.92 Å². The van der Waals surface area contributed by atoms with E-state index in [-0.39, 0.29) is 30.6 Å². The zero-order valence-corrected chi connectivity index (χ0v) is 17.8. The van der Waals surface area contributed by atoms with Gasteiger partial charge in [-0.3, -0.25) is 5.21 Å². The van der Waals surface area contributed by atoms with Crippen LogP contribution >= 0.6 is 0 Å². The zero-order valence-electron chi connectivity index (χ0n) is 17.8. The fourth-order valence-corrected chi connectivity index (χ4v) is 4.73. The third-order valence-corrected chi connectivity index (χ3v) is 6.33. The summed E-state index contributed by atoms with van der Waals surface area (Å²) in [7, 11) is 0. The monoisotopic (exact) mass is 485 g/mol. The lowest BCUT2D eigenvalue weighted by Crippen LogP contribution is -2.71. The molecule has 1 amide bonds. The van der Waals surface area contributed by atoms with E-state index in [0.717, 1.165) is 24.3 Å². The van der Waals surface area contributed by atoms with Gasteiger partial charge in [-0.15, -0.1) is 0 Å². The van der Waals surface area contributed by atoms with Crippen LogP contribution in [0, 0.1) is 5.92 Å². The van der Waals surface area contributed by atoms with Crippen molar-refractivity contribution < 1.29 is 37.4 Å². The van der Waals surface area contributed by atoms with Crippen molar-refractivity contribution >= 4 is 24.0 Å². The highest BCUT2D eigenvalue weighted by Crippen LogP contribution is 2.48. The minimum Gasteiger partial charge on any atom is -0.456 e. The molecular formula is C19H22F3N7O5. The SMILES string of the molecule is CC1C(OC(=O)c2ccc(C(F)(F)F)cc2)CN2C(N)=NC(COC(N)=O)C3N=C(N)N(O)C132. The Balaban J connectivity index is 1.59. The Hall–Kier alpha value is -3.75. The number of hydrogen-bond donors (Lipinski definition) is 4. The molecule has 1 aromatic carbocycles. The zero-order chi connectivity index (χ0) is 25.0. The Morgan fingerprint density at radius 3 is 2.44 bits per heavy atom. The van der Waals surface area contributed by atoms with E-state index in [1.807, 2.05) is 0 Å². The number of ether oxygens (including phenoxy) is 2. The summed E-state index contributed by atoms with van der Waals surface area (Å²) in [6.45, 7) is 1.37. The molecule has 3 aliphatic rings. The topological polar surface area (TPSA) is 182 Å². The number of carbonyl (C=O) groups is 2. The number of alkyl halides is 3. The lowest BCUT2D eigenvalue weighted by atomic mass is 9.83. The quantitative estimate of drug-likeness (QED) is 0.429. The maximum atomic E-state index is 12.8. The number of hydrogen-bond acceptors (Lipinski definition) is 11. The van der Waals surface area contributed by atoms with Gasteiger partial charge < -0.3 is 31.6 Å². The van der Waals surface area contributed by atoms with E-state index in [9.17, 15) is 28.0 Å². The van der Waals surface area contributed by atoms with Gasteiger partial charge in [0.1, 0.15) is 24.8 Å². The molecule has 0 radical (unpaired) electrons. The van der Waals surface area contributed by atoms with E-state index < -0.39 is 53.6 Å². The maximum absolute atomic E-state index is 12.8. The Kier molecular flexibility index (Phi) is 5.46. The molecule has 12 nitrogen and oxygen atoms in total. The maximum Gasteiger partial charge on any atom is 0.416 e. The van der Waals surface area contributed by atoms with Crippen LogP contribution in [0.5, 0.6) is 0 Å². The van der Waals surface area contributed by atoms with E-state index >= 15 is 0 Å². The number of halogens is 3. The Bertz CT molecular complexity index is 1060. The van der Waals surface area contributed by atoms with Gasteiger partial charge in [-0.05, 0) is 24.3 Å². The highest BCUT2D eigenvalue weighted by molar-refractivity contribution is 5.90. The van der Waals surface area contributed by atoms with Crippen molar-refractivity contribution in [2.75, 3.05) is 13.2 Å². The number of aliphatic imine (C=N–C) groups is 2. The third kappa shape index (κ3) is 3.52. The molecule has 1 saturated heterocycles. The van der Waals surface area contributed by atoms with Crippen LogP contribution < -0.4 is 17.2 Å². The highest BCUT2D eigenvalue weighted by atomic mass is 19.4. The number of primary amides is 1. The highest BCUT2D eigenvalue weighted by Gasteiger charge is 2.68. The molecule has 4 rings (SSSR count). The summed E-state index contributed by atoms with van der Waals surface area (Å²) >= 11 is 0. The lowest BCUT2D eigenvalue weighted by Gasteiger charge is -2.49. The smallest absolute Gasteiger partial charge is 0.416 e. The van der Waals surface area contributed by atoms with Crippen LogP contribution in [0.15, 0.2) is 34.3 Å². The summed E-state index contributed by atoms with van der Waals surface area (Å²) in [5.74, 6) is -1.82. The first-order valence-electron chi connectivity index (χ1n) is 10.1. The van der Waals surface area contributed by atoms with Gasteiger partial charge in [-0.25, -0.2) is 19.6 Å². The van der Waals surface area contributed by atoms with Crippen LogP contribution in [0.2, 0.25) is 0 Å². The first kappa shape index (κ1) is 23.4. The minimum absolute atomic E-state index is 0.0113. The van der Waals surface area contributed by atoms with Crippen molar-refractivity contribution in [3.8, 4) is 0 Å². The van der Waals surface area contributed by atoms with Crippen LogP contribution in [-0.2, 0) is 15.7 Å². The van der Waals surface area contributed by atoms with Gasteiger partial charge in [0.2, 0.25) is 5.96 Å². The van der Waals surface area contributed by atoms with Gasteiger partial charge in [0.25, 0.3) is 0 Å². The summed E-state index contributed by atoms with van der Waals surface area (Å²) < 4.78 is 48.8. The van der Waals surface area contributed by atoms with Crippen LogP contribution in [0.4, 0.5) is 18.0 Å². The normalized spacial score (nSPS) is 30.3. The number of guanidine groups is 2. The average Bonchev–Trinajstić information content (AvgIpc) is 3.21. The predicted molar refractivity (Wildman–Crippen MR) is 109 cm³/mol. The number of esters is 1. The molecule has 184 valence electrons. The van der Waals surface area contributed by atoms with Crippen LogP contribution in [-0.4, -0.2) is 76.2 Å². The van der Waals surface area contributed by atoms with Gasteiger partial charge in [0.15, 0.2) is 11.6 Å². The molecule has 7 N–H and O–H groups in total. The van der Waals surface area contributed by atoms with E-state index in [4.69, 9.17) is 26.7 Å². The van der Waals surface area contributed by atoms with Crippen LogP contribution in [0.3, 0.4) is 0 Å². The summed E-state index contributed by atoms with van der Waals surface area (Å²) in [5, 5.41) is 11.6. The summed E-state index contributed by atoms with van der Waals surface area (Å²) in [6, 6.07) is 1.88. The lowest BCUT2D eigenvalue weighted by molar-refractivity contribution is -0.170. The van der Waals surface area contributed by atoms with E-state index in [2.05, 4.69) is 9.98 Å². The number of nitrogens with zero attached hydrogens (tertiary/aromatic N) is 4. The molecule has 0 aliphatic carbocycles. The van der Waals surface area contributed by atoms with Crippen molar-refractivity contribution in [3.63, 3.8) is 0 Å². The molecular weight excluding hydrogens is 463 g/mol. The van der Waals surface area contributed by atoms with Gasteiger partial charge in [-0.1, -0.05) is 6.92 Å². The molecule has 5 unspecified atom stereocenters. The van der Waals surface area contributed by atoms with Crippen molar-refractivity contribution in [2.45, 2.75) is 37.0 Å². The minimum atomic E-state index is -4.54. The van der Waals surface area contributed by atoms with E-state index in [1.165, 1.54) is 4.90 Å². The van der Waals surface area contributed by atoms with Gasteiger partial charge in [-0.2, -0.15) is 18.2 Å². The van der Waals surface area contributed by atoms with Crippen LogP contribution in [0.25, 0.3) is 0 Å². The van der Waals surface area contributed by atoms with E-state index in [0.29, 0.717) is 5.06 Å². The summed E-state index contributed by atoms with van der Waals surface area (Å²) in [4.78, 5) is 33.8. The second-order valence-corrected chi connectivity index (χ2v) is 8.13. The van der Waals surface area contributed by atoms with Crippen molar-refractivity contribution in [1.82, 2.24) is 9.96 Å². The van der Waals surface area contributed by atoms with Crippen molar-refractivity contribution in [3.05, 3.63) is 35.4 Å². The number of amides is 1. The molecule has 1 spiro atoms. The Morgan fingerprint density at radius 2 is 1.85 bits per heavy atom. The number of nitrogens with two attached hydrogens (primary N) is 3. The molecule has 0 aromatic heterocycles. The molecule has 0 bridgehead atoms. The summed E-state index contributed by atoms with van der Waals surface area (Å²) in [5.41, 5.74) is 14.6. The second-order valence-electron chi connectivity index (χ2n) is 8.13. The predicted octanol–water partition coefficient (Wildman–Crippen LogP) is 0.0591. The second kappa shape index (κ2) is 7.93. The largest absolute Gasteiger partial charge is 0.456 e. The summed E-state index contributed by atoms with van der Waals surface area (Å²) in [6.07, 6.45) is -6.46.